The largest absolute Gasteiger partial charge is 0.463 e. The molecular formula is C39H53O10P. The number of ether oxygens (including phenoxy) is 5. The molecule has 7 atom stereocenters. The van der Waals surface area contributed by atoms with Crippen molar-refractivity contribution in [2.75, 3.05) is 32.6 Å². The lowest BCUT2D eigenvalue weighted by Gasteiger charge is -2.38. The average Bonchev–Trinajstić information content (AvgIpc) is 4.01. The molecule has 6 rings (SSSR count). The normalized spacial score (nSPS) is 27.2. The summed E-state index contributed by atoms with van der Waals surface area (Å²) in [5.74, 6) is -0.00923. The van der Waals surface area contributed by atoms with E-state index in [0.717, 1.165) is 30.1 Å². The summed E-state index contributed by atoms with van der Waals surface area (Å²) in [4.78, 5) is 36.2. The van der Waals surface area contributed by atoms with Crippen molar-refractivity contribution in [2.45, 2.75) is 85.5 Å². The van der Waals surface area contributed by atoms with Crippen LogP contribution in [0.5, 0.6) is 5.75 Å². The van der Waals surface area contributed by atoms with Gasteiger partial charge in [0, 0.05) is 24.6 Å². The Morgan fingerprint density at radius 3 is 2.14 bits per heavy atom. The zero-order valence-electron chi connectivity index (χ0n) is 30.2. The first kappa shape index (κ1) is 39.3. The second kappa shape index (κ2) is 18.7. The Kier molecular flexibility index (Phi) is 14.7. The minimum atomic E-state index is -3.33. The molecule has 7 unspecified atom stereocenters. The highest BCUT2D eigenvalue weighted by molar-refractivity contribution is 7.67. The van der Waals surface area contributed by atoms with Crippen molar-refractivity contribution in [2.24, 2.45) is 23.7 Å². The van der Waals surface area contributed by atoms with Crippen molar-refractivity contribution in [3.63, 3.8) is 0 Å². The number of fused-ring (bicyclic) bond motifs is 3. The third kappa shape index (κ3) is 12.1. The van der Waals surface area contributed by atoms with E-state index in [2.05, 4.69) is 32.4 Å². The first-order valence-electron chi connectivity index (χ1n) is 17.8. The molecule has 2 aromatic rings. The summed E-state index contributed by atoms with van der Waals surface area (Å²) in [6.45, 7) is 14.0. The van der Waals surface area contributed by atoms with Crippen LogP contribution >= 0.6 is 7.37 Å². The van der Waals surface area contributed by atoms with Crippen molar-refractivity contribution >= 4 is 30.6 Å². The molecule has 3 heterocycles. The summed E-state index contributed by atoms with van der Waals surface area (Å²) in [7, 11) is -3.33. The van der Waals surface area contributed by atoms with Crippen molar-refractivity contribution < 1.29 is 47.2 Å². The van der Waals surface area contributed by atoms with Gasteiger partial charge in [0.15, 0.2) is 0 Å². The predicted molar refractivity (Wildman–Crippen MR) is 192 cm³/mol. The Morgan fingerprint density at radius 2 is 1.52 bits per heavy atom. The quantitative estimate of drug-likeness (QED) is 0.0780. The van der Waals surface area contributed by atoms with Crippen LogP contribution < -0.4 is 9.83 Å². The number of carbonyl (C=O) groups is 3. The summed E-state index contributed by atoms with van der Waals surface area (Å²) in [5.41, 5.74) is 1.76. The molecule has 0 aromatic heterocycles. The van der Waals surface area contributed by atoms with Crippen LogP contribution in [0.25, 0.3) is 11.1 Å². The molecular weight excluding hydrogens is 659 g/mol. The van der Waals surface area contributed by atoms with Crippen molar-refractivity contribution in [1.82, 2.24) is 0 Å². The van der Waals surface area contributed by atoms with E-state index >= 15 is 0 Å². The molecule has 10 nitrogen and oxygen atoms in total. The maximum atomic E-state index is 14.0. The summed E-state index contributed by atoms with van der Waals surface area (Å²) < 4.78 is 46.1. The third-order valence-electron chi connectivity index (χ3n) is 8.36. The fourth-order valence-electron chi connectivity index (χ4n) is 5.86. The van der Waals surface area contributed by atoms with Gasteiger partial charge in [-0.3, -0.25) is 18.9 Å². The number of hydrogen-bond acceptors (Lipinski definition) is 10. The summed E-state index contributed by atoms with van der Waals surface area (Å²) in [6, 6.07) is 15.0. The summed E-state index contributed by atoms with van der Waals surface area (Å²) in [6.07, 6.45) is 5.88. The Balaban J connectivity index is 0.000000398. The van der Waals surface area contributed by atoms with E-state index in [0.29, 0.717) is 37.1 Å². The summed E-state index contributed by atoms with van der Waals surface area (Å²) >= 11 is 0. The number of benzene rings is 2. The fourth-order valence-corrected chi connectivity index (χ4v) is 8.12. The molecule has 3 fully saturated rings. The lowest BCUT2D eigenvalue weighted by atomic mass is 9.72. The molecule has 0 bridgehead atoms. The Labute approximate surface area is 296 Å². The van der Waals surface area contributed by atoms with Gasteiger partial charge in [-0.25, -0.2) is 0 Å². The molecule has 2 saturated heterocycles. The number of allylic oxidation sites excluding steroid dienone is 1. The van der Waals surface area contributed by atoms with Gasteiger partial charge in [-0.05, 0) is 48.8 Å². The number of epoxide rings is 2. The Morgan fingerprint density at radius 1 is 0.920 bits per heavy atom. The maximum Gasteiger partial charge on any atom is 0.309 e. The van der Waals surface area contributed by atoms with Crippen LogP contribution in [-0.4, -0.2) is 68.8 Å². The molecule has 0 amide bonds. The predicted octanol–water partition coefficient (Wildman–Crippen LogP) is 7.13. The number of hydrogen-bond donors (Lipinski definition) is 0. The molecule has 274 valence electrons. The highest BCUT2D eigenvalue weighted by atomic mass is 31.2. The van der Waals surface area contributed by atoms with Gasteiger partial charge in [0.2, 0.25) is 0 Å². The molecule has 50 heavy (non-hydrogen) atoms. The standard InChI is InChI=1S/C30H35O7P.C5H8O3.C4H10/c1-3-4-9-23-25(30(32)35-19-21-18-34-21)16-20(2)17-27(23)36-29(31)14-15-38(33)28-13-8-6-11-24(28)22-10-5-7-12-26(22)37-38;1-4(6)7-2-5-3-8-5;1-4(2)3/h4-13,20-21,23,25,27H,3,14-19H2,1-2H3;5H,2-3H2,1H3;4H,1-3H3/b9-4+;;. The van der Waals surface area contributed by atoms with Gasteiger partial charge in [-0.15, -0.1) is 0 Å². The van der Waals surface area contributed by atoms with Gasteiger partial charge in [-0.1, -0.05) is 83.2 Å². The van der Waals surface area contributed by atoms with Gasteiger partial charge in [0.25, 0.3) is 7.37 Å². The van der Waals surface area contributed by atoms with E-state index in [-0.39, 0.29) is 61.1 Å². The SMILES string of the molecule is CC(=O)OCC1CO1.CC(C)C.CC/C=C/C1C(OC(=O)CCP2(=O)Oc3ccccc3-c3ccccc32)CC(C)CC1C(=O)OCC1CO1. The summed E-state index contributed by atoms with van der Waals surface area (Å²) in [5, 5.41) is 0.629. The van der Waals surface area contributed by atoms with Gasteiger partial charge in [0.1, 0.15) is 37.3 Å². The fraction of sp³-hybridized carbons (Fsp3) is 0.564. The molecule has 11 heteroatoms. The van der Waals surface area contributed by atoms with Gasteiger partial charge >= 0.3 is 17.9 Å². The van der Waals surface area contributed by atoms with Crippen molar-refractivity contribution in [1.29, 1.82) is 0 Å². The second-order valence-electron chi connectivity index (χ2n) is 14.0. The van der Waals surface area contributed by atoms with E-state index in [1.807, 2.05) is 61.5 Å². The average molecular weight is 713 g/mol. The van der Waals surface area contributed by atoms with Crippen molar-refractivity contribution in [3.05, 3.63) is 60.7 Å². The van der Waals surface area contributed by atoms with Gasteiger partial charge in [-0.2, -0.15) is 0 Å². The van der Waals surface area contributed by atoms with E-state index in [9.17, 15) is 18.9 Å². The van der Waals surface area contributed by atoms with Crippen LogP contribution in [0.4, 0.5) is 0 Å². The molecule has 0 N–H and O–H groups in total. The molecule has 0 spiro atoms. The van der Waals surface area contributed by atoms with Crippen LogP contribution in [-0.2, 0) is 42.6 Å². The van der Waals surface area contributed by atoms with E-state index in [1.54, 1.807) is 6.07 Å². The molecule has 0 radical (unpaired) electrons. The molecule has 1 aliphatic carbocycles. The zero-order valence-corrected chi connectivity index (χ0v) is 31.1. The van der Waals surface area contributed by atoms with E-state index in [1.165, 1.54) is 6.92 Å². The molecule has 1 saturated carbocycles. The Hall–Kier alpha value is -3.46. The molecule has 2 aromatic carbocycles. The van der Waals surface area contributed by atoms with E-state index < -0.39 is 19.4 Å². The lowest BCUT2D eigenvalue weighted by molar-refractivity contribution is -0.164. The molecule has 3 aliphatic heterocycles. The Bertz CT molecular complexity index is 1510. The van der Waals surface area contributed by atoms with Gasteiger partial charge < -0.3 is 28.2 Å². The van der Waals surface area contributed by atoms with Crippen molar-refractivity contribution in [3.8, 4) is 16.9 Å². The second-order valence-corrected chi connectivity index (χ2v) is 16.4. The highest BCUT2D eigenvalue weighted by Gasteiger charge is 2.43. The first-order chi connectivity index (χ1) is 23.9. The number of esters is 3. The smallest absolute Gasteiger partial charge is 0.309 e. The third-order valence-corrected chi connectivity index (χ3v) is 10.8. The topological polar surface area (TPSA) is 130 Å². The van der Waals surface area contributed by atoms with Crippen LogP contribution in [0.1, 0.15) is 67.2 Å². The number of carbonyl (C=O) groups excluding carboxylic acids is 3. The monoisotopic (exact) mass is 712 g/mol. The van der Waals surface area contributed by atoms with Crippen LogP contribution in [0.2, 0.25) is 0 Å². The minimum absolute atomic E-state index is 0.0000649. The maximum absolute atomic E-state index is 14.0. The highest BCUT2D eigenvalue weighted by Crippen LogP contribution is 2.54. The van der Waals surface area contributed by atoms with Crippen LogP contribution in [0, 0.1) is 23.7 Å². The van der Waals surface area contributed by atoms with Crippen LogP contribution in [0.3, 0.4) is 0 Å². The molecule has 4 aliphatic rings. The van der Waals surface area contributed by atoms with Crippen LogP contribution in [0.15, 0.2) is 60.7 Å². The van der Waals surface area contributed by atoms with E-state index in [4.69, 9.17) is 23.5 Å². The number of rotatable bonds is 11. The lowest BCUT2D eigenvalue weighted by Crippen LogP contribution is -2.42. The first-order valence-corrected chi connectivity index (χ1v) is 19.6. The number of para-hydroxylation sites is 1. The zero-order chi connectivity index (χ0) is 36.3. The van der Waals surface area contributed by atoms with Gasteiger partial charge in [0.05, 0.1) is 30.9 Å². The minimum Gasteiger partial charge on any atom is -0.463 e.